The van der Waals surface area contributed by atoms with Crippen molar-refractivity contribution in [2.75, 3.05) is 26.4 Å². The summed E-state index contributed by atoms with van der Waals surface area (Å²) in [7, 11) is 0. The van der Waals surface area contributed by atoms with Crippen molar-refractivity contribution in [3.05, 3.63) is 47.9 Å². The highest BCUT2D eigenvalue weighted by Crippen LogP contribution is 2.18. The van der Waals surface area contributed by atoms with E-state index in [0.717, 1.165) is 12.8 Å². The van der Waals surface area contributed by atoms with Crippen LogP contribution in [0.1, 0.15) is 88.1 Å². The van der Waals surface area contributed by atoms with Gasteiger partial charge in [0, 0.05) is 54.1 Å². The maximum Gasteiger partial charge on any atom is 0.270 e. The molecule has 2 rings (SSSR count). The number of amides is 1. The summed E-state index contributed by atoms with van der Waals surface area (Å²) in [5, 5.41) is 2.89. The summed E-state index contributed by atoms with van der Waals surface area (Å²) in [4.78, 5) is 58.0. The zero-order valence-corrected chi connectivity index (χ0v) is 25.3. The lowest BCUT2D eigenvalue weighted by Gasteiger charge is -2.19. The van der Waals surface area contributed by atoms with Crippen LogP contribution in [0.3, 0.4) is 0 Å². The van der Waals surface area contributed by atoms with E-state index < -0.39 is 11.9 Å². The predicted octanol–water partition coefficient (Wildman–Crippen LogP) is 5.12. The van der Waals surface area contributed by atoms with Gasteiger partial charge in [0.25, 0.3) is 5.91 Å². The quantitative estimate of drug-likeness (QED) is 0.183. The van der Waals surface area contributed by atoms with Crippen LogP contribution in [0.2, 0.25) is 0 Å². The average Bonchev–Trinajstić information content (AvgIpc) is 2.99. The van der Waals surface area contributed by atoms with E-state index in [9.17, 15) is 19.2 Å². The van der Waals surface area contributed by atoms with E-state index in [1.807, 2.05) is 41.5 Å². The normalized spacial score (nSPS) is 13.4. The number of hydrogen-bond acceptors (Lipinski definition) is 8. The Labute approximate surface area is 243 Å². The van der Waals surface area contributed by atoms with Gasteiger partial charge >= 0.3 is 0 Å². The van der Waals surface area contributed by atoms with E-state index >= 15 is 0 Å². The number of ketones is 3. The first-order valence-corrected chi connectivity index (χ1v) is 14.6. The average molecular weight is 568 g/mol. The van der Waals surface area contributed by atoms with Gasteiger partial charge in [-0.1, -0.05) is 41.5 Å². The van der Waals surface area contributed by atoms with E-state index in [2.05, 4.69) is 15.3 Å². The first kappa shape index (κ1) is 33.9. The van der Waals surface area contributed by atoms with E-state index in [-0.39, 0.29) is 67.2 Å². The number of carbonyl (C=O) groups excluding carboxylic acids is 4. The molecule has 1 N–H and O–H groups in total. The summed E-state index contributed by atoms with van der Waals surface area (Å²) in [6.07, 6.45) is 5.29. The Balaban J connectivity index is 1.99. The van der Waals surface area contributed by atoms with Gasteiger partial charge in [-0.2, -0.15) is 0 Å². The second-order valence-electron chi connectivity index (χ2n) is 10.8. The number of aromatic nitrogens is 2. The van der Waals surface area contributed by atoms with Crippen molar-refractivity contribution in [2.24, 2.45) is 17.8 Å². The standard InChI is InChI=1S/C32H45N3O6/c1-7-22(5)30(37)14-16-41-20-26(19-40-15-13-29(36)21(3)4)35-32(39)28-12-9-24(17-34-28)27-11-10-25(18-33-27)31(38)23(6)8-2/h9-12,17-18,21-23,26H,7-8,13-16,19-20H2,1-6H3,(H,35,39). The molecule has 3 unspecified atom stereocenters. The van der Waals surface area contributed by atoms with Crippen LogP contribution in [0.25, 0.3) is 11.3 Å². The minimum atomic E-state index is -0.492. The van der Waals surface area contributed by atoms with Crippen molar-refractivity contribution in [1.82, 2.24) is 15.3 Å². The molecular weight excluding hydrogens is 522 g/mol. The molecule has 224 valence electrons. The molecule has 0 aliphatic heterocycles. The topological polar surface area (TPSA) is 125 Å². The summed E-state index contributed by atoms with van der Waals surface area (Å²) in [5.74, 6) is -0.206. The number of nitrogens with one attached hydrogen (secondary N) is 1. The van der Waals surface area contributed by atoms with Crippen molar-refractivity contribution >= 4 is 23.3 Å². The van der Waals surface area contributed by atoms with Crippen LogP contribution in [0.5, 0.6) is 0 Å². The van der Waals surface area contributed by atoms with Crippen molar-refractivity contribution < 1.29 is 28.7 Å². The summed E-state index contributed by atoms with van der Waals surface area (Å²) in [6.45, 7) is 12.2. The molecule has 9 heteroatoms. The van der Waals surface area contributed by atoms with Gasteiger partial charge in [0.05, 0.1) is 38.2 Å². The second kappa shape index (κ2) is 17.5. The molecule has 1 amide bonds. The van der Waals surface area contributed by atoms with Gasteiger partial charge in [0.1, 0.15) is 17.3 Å². The molecule has 0 saturated carbocycles. The third kappa shape index (κ3) is 11.2. The summed E-state index contributed by atoms with van der Waals surface area (Å²) < 4.78 is 11.4. The Kier molecular flexibility index (Phi) is 14.5. The first-order chi connectivity index (χ1) is 19.6. The molecule has 2 aromatic heterocycles. The molecule has 2 aromatic rings. The van der Waals surface area contributed by atoms with Crippen molar-refractivity contribution in [2.45, 2.75) is 73.3 Å². The van der Waals surface area contributed by atoms with E-state index in [0.29, 0.717) is 29.7 Å². The molecule has 41 heavy (non-hydrogen) atoms. The van der Waals surface area contributed by atoms with Gasteiger partial charge in [-0.25, -0.2) is 0 Å². The Hall–Kier alpha value is -3.30. The molecule has 0 fully saturated rings. The molecule has 3 atom stereocenters. The molecule has 0 saturated heterocycles. The molecule has 0 radical (unpaired) electrons. The summed E-state index contributed by atoms with van der Waals surface area (Å²) in [6, 6.07) is 6.39. The Bertz CT molecular complexity index is 1130. The highest BCUT2D eigenvalue weighted by molar-refractivity contribution is 5.97. The van der Waals surface area contributed by atoms with Crippen LogP contribution in [-0.4, -0.2) is 65.7 Å². The SMILES string of the molecule is CCC(C)C(=O)CCOCC(COCCC(=O)C(C)C)NC(=O)c1ccc(-c2ccc(C(=O)C(C)CC)cn2)cn1. The third-order valence-electron chi connectivity index (χ3n) is 7.16. The van der Waals surface area contributed by atoms with E-state index in [1.165, 1.54) is 0 Å². The van der Waals surface area contributed by atoms with Crippen LogP contribution < -0.4 is 5.32 Å². The highest BCUT2D eigenvalue weighted by atomic mass is 16.5. The number of Topliss-reactive ketones (excluding diaryl/α,β-unsaturated/α-hetero) is 3. The molecule has 0 spiro atoms. The number of hydrogen-bond donors (Lipinski definition) is 1. The number of nitrogens with zero attached hydrogens (tertiary/aromatic N) is 2. The predicted molar refractivity (Wildman–Crippen MR) is 158 cm³/mol. The van der Waals surface area contributed by atoms with Gasteiger partial charge < -0.3 is 14.8 Å². The van der Waals surface area contributed by atoms with Crippen LogP contribution in [0, 0.1) is 17.8 Å². The third-order valence-corrected chi connectivity index (χ3v) is 7.16. The van der Waals surface area contributed by atoms with Gasteiger partial charge in [0.2, 0.25) is 0 Å². The molecular formula is C32H45N3O6. The number of carbonyl (C=O) groups is 4. The highest BCUT2D eigenvalue weighted by Gasteiger charge is 2.18. The molecule has 0 aliphatic rings. The maximum atomic E-state index is 13.0. The van der Waals surface area contributed by atoms with Gasteiger partial charge in [-0.15, -0.1) is 0 Å². The lowest BCUT2D eigenvalue weighted by atomic mass is 9.98. The van der Waals surface area contributed by atoms with Gasteiger partial charge in [0.15, 0.2) is 5.78 Å². The van der Waals surface area contributed by atoms with Crippen molar-refractivity contribution in [1.29, 1.82) is 0 Å². The van der Waals surface area contributed by atoms with Crippen LogP contribution in [0.15, 0.2) is 36.7 Å². The monoisotopic (exact) mass is 567 g/mol. The fraction of sp³-hybridized carbons (Fsp3) is 0.562. The Morgan fingerprint density at radius 1 is 0.780 bits per heavy atom. The van der Waals surface area contributed by atoms with Crippen molar-refractivity contribution in [3.63, 3.8) is 0 Å². The number of rotatable bonds is 19. The fourth-order valence-corrected chi connectivity index (χ4v) is 3.81. The van der Waals surface area contributed by atoms with Gasteiger partial charge in [-0.05, 0) is 37.1 Å². The summed E-state index contributed by atoms with van der Waals surface area (Å²) >= 11 is 0. The number of ether oxygens (including phenoxy) is 2. The Morgan fingerprint density at radius 2 is 1.41 bits per heavy atom. The van der Waals surface area contributed by atoms with Gasteiger partial charge in [-0.3, -0.25) is 29.1 Å². The second-order valence-corrected chi connectivity index (χ2v) is 10.8. The smallest absolute Gasteiger partial charge is 0.270 e. The van der Waals surface area contributed by atoms with Crippen LogP contribution in [-0.2, 0) is 19.1 Å². The lowest BCUT2D eigenvalue weighted by molar-refractivity contribution is -0.123. The van der Waals surface area contributed by atoms with E-state index in [4.69, 9.17) is 9.47 Å². The molecule has 0 aromatic carbocycles. The zero-order chi connectivity index (χ0) is 30.4. The van der Waals surface area contributed by atoms with Crippen molar-refractivity contribution in [3.8, 4) is 11.3 Å². The molecule has 0 bridgehead atoms. The molecule has 9 nitrogen and oxygen atoms in total. The van der Waals surface area contributed by atoms with E-state index in [1.54, 1.807) is 36.7 Å². The lowest BCUT2D eigenvalue weighted by Crippen LogP contribution is -2.42. The first-order valence-electron chi connectivity index (χ1n) is 14.6. The minimum Gasteiger partial charge on any atom is -0.379 e. The minimum absolute atomic E-state index is 0.00893. The Morgan fingerprint density at radius 3 is 1.93 bits per heavy atom. The summed E-state index contributed by atoms with van der Waals surface area (Å²) in [5.41, 5.74) is 2.14. The molecule has 2 heterocycles. The number of pyridine rings is 2. The van der Waals surface area contributed by atoms with Crippen LogP contribution in [0.4, 0.5) is 0 Å². The largest absolute Gasteiger partial charge is 0.379 e. The fourth-order valence-electron chi connectivity index (χ4n) is 3.81. The maximum absolute atomic E-state index is 13.0. The zero-order valence-electron chi connectivity index (χ0n) is 25.3. The van der Waals surface area contributed by atoms with Crippen LogP contribution >= 0.6 is 0 Å². The molecule has 0 aliphatic carbocycles.